The van der Waals surface area contributed by atoms with Gasteiger partial charge in [-0.05, 0) is 43.5 Å². The van der Waals surface area contributed by atoms with Crippen molar-refractivity contribution in [2.75, 3.05) is 0 Å². The normalized spacial score (nSPS) is 11.3. The highest BCUT2D eigenvalue weighted by Gasteiger charge is 2.15. The van der Waals surface area contributed by atoms with Gasteiger partial charge < -0.3 is 4.52 Å². The summed E-state index contributed by atoms with van der Waals surface area (Å²) >= 11 is 0. The Labute approximate surface area is 135 Å². The van der Waals surface area contributed by atoms with Crippen molar-refractivity contribution < 1.29 is 23.7 Å². The standard InChI is InChI=1S/C17H19O5P/c1-12-3-9-16(13(2)11-12)17(18)10-6-14-4-7-15(8-5-14)22-23(19,20)21/h3-5,7-9,11H,6,10H2,1-2H3,(H2,19,20,21). The second kappa shape index (κ2) is 7.09. The largest absolute Gasteiger partial charge is 0.524 e. The molecule has 0 atom stereocenters. The predicted octanol–water partition coefficient (Wildman–Crippen LogP) is 3.59. The van der Waals surface area contributed by atoms with Crippen LogP contribution in [0.3, 0.4) is 0 Å². The van der Waals surface area contributed by atoms with Gasteiger partial charge in [-0.1, -0.05) is 35.9 Å². The van der Waals surface area contributed by atoms with Gasteiger partial charge in [0.25, 0.3) is 0 Å². The number of carbonyl (C=O) groups excluding carboxylic acids is 1. The molecule has 122 valence electrons. The molecular formula is C17H19O5P. The molecule has 23 heavy (non-hydrogen) atoms. The SMILES string of the molecule is Cc1ccc(C(=O)CCc2ccc(OP(=O)(O)O)cc2)c(C)c1. The summed E-state index contributed by atoms with van der Waals surface area (Å²) in [7, 11) is -4.54. The first-order valence-corrected chi connectivity index (χ1v) is 8.72. The van der Waals surface area contributed by atoms with Crippen molar-refractivity contribution in [2.24, 2.45) is 0 Å². The summed E-state index contributed by atoms with van der Waals surface area (Å²) in [6.07, 6.45) is 0.935. The molecule has 2 aromatic carbocycles. The third-order valence-electron chi connectivity index (χ3n) is 3.47. The molecule has 6 heteroatoms. The topological polar surface area (TPSA) is 83.8 Å². The van der Waals surface area contributed by atoms with E-state index >= 15 is 0 Å². The van der Waals surface area contributed by atoms with Gasteiger partial charge in [-0.2, -0.15) is 0 Å². The summed E-state index contributed by atoms with van der Waals surface area (Å²) in [6.45, 7) is 3.91. The summed E-state index contributed by atoms with van der Waals surface area (Å²) in [5.41, 5.74) is 3.73. The van der Waals surface area contributed by atoms with E-state index in [4.69, 9.17) is 9.79 Å². The van der Waals surface area contributed by atoms with Gasteiger partial charge in [0.05, 0.1) is 0 Å². The van der Waals surface area contributed by atoms with Crippen LogP contribution in [-0.2, 0) is 11.0 Å². The number of Topliss-reactive ketones (excluding diaryl/α,β-unsaturated/α-hetero) is 1. The molecule has 0 aliphatic rings. The van der Waals surface area contributed by atoms with Gasteiger partial charge in [0, 0.05) is 12.0 Å². The van der Waals surface area contributed by atoms with Crippen LogP contribution in [0.5, 0.6) is 5.75 Å². The number of ketones is 1. The fraction of sp³-hybridized carbons (Fsp3) is 0.235. The van der Waals surface area contributed by atoms with Crippen molar-refractivity contribution in [1.29, 1.82) is 0 Å². The molecule has 2 N–H and O–H groups in total. The molecule has 5 nitrogen and oxygen atoms in total. The highest BCUT2D eigenvalue weighted by atomic mass is 31.2. The van der Waals surface area contributed by atoms with Crippen molar-refractivity contribution in [3.63, 3.8) is 0 Å². The summed E-state index contributed by atoms with van der Waals surface area (Å²) in [5.74, 6) is 0.181. The van der Waals surface area contributed by atoms with Crippen LogP contribution in [0, 0.1) is 13.8 Å². The molecule has 0 amide bonds. The van der Waals surface area contributed by atoms with Gasteiger partial charge >= 0.3 is 7.82 Å². The lowest BCUT2D eigenvalue weighted by Crippen LogP contribution is -2.03. The maximum Gasteiger partial charge on any atom is 0.524 e. The fourth-order valence-electron chi connectivity index (χ4n) is 2.37. The number of aryl methyl sites for hydroxylation is 3. The highest BCUT2D eigenvalue weighted by molar-refractivity contribution is 7.46. The number of hydrogen-bond donors (Lipinski definition) is 2. The Morgan fingerprint density at radius 2 is 1.74 bits per heavy atom. The van der Waals surface area contributed by atoms with Crippen LogP contribution in [0.15, 0.2) is 42.5 Å². The molecule has 2 rings (SSSR count). The minimum atomic E-state index is -4.54. The van der Waals surface area contributed by atoms with Crippen LogP contribution in [0.4, 0.5) is 0 Å². The van der Waals surface area contributed by atoms with E-state index in [0.29, 0.717) is 12.8 Å². The first-order valence-electron chi connectivity index (χ1n) is 7.19. The maximum atomic E-state index is 12.3. The number of phosphoric ester groups is 1. The molecule has 0 fully saturated rings. The lowest BCUT2D eigenvalue weighted by Gasteiger charge is -2.08. The number of hydrogen-bond acceptors (Lipinski definition) is 3. The van der Waals surface area contributed by atoms with Gasteiger partial charge in [0.1, 0.15) is 5.75 Å². The van der Waals surface area contributed by atoms with Crippen molar-refractivity contribution in [3.8, 4) is 5.75 Å². The Morgan fingerprint density at radius 1 is 1.09 bits per heavy atom. The maximum absolute atomic E-state index is 12.3. The van der Waals surface area contributed by atoms with Gasteiger partial charge in [0.15, 0.2) is 5.78 Å². The Morgan fingerprint density at radius 3 is 2.30 bits per heavy atom. The lowest BCUT2D eigenvalue weighted by molar-refractivity contribution is 0.0982. The van der Waals surface area contributed by atoms with Gasteiger partial charge in [-0.3, -0.25) is 14.6 Å². The zero-order chi connectivity index (χ0) is 17.0. The van der Waals surface area contributed by atoms with Crippen LogP contribution in [0.1, 0.15) is 33.5 Å². The van der Waals surface area contributed by atoms with Crippen LogP contribution in [-0.4, -0.2) is 15.6 Å². The number of carbonyl (C=O) groups is 1. The Hall–Kier alpha value is -1.94. The quantitative estimate of drug-likeness (QED) is 0.623. The minimum absolute atomic E-state index is 0.0815. The Balaban J connectivity index is 1.98. The van der Waals surface area contributed by atoms with E-state index in [1.807, 2.05) is 32.0 Å². The lowest BCUT2D eigenvalue weighted by atomic mass is 9.98. The number of benzene rings is 2. The third-order valence-corrected chi connectivity index (χ3v) is 3.92. The molecule has 2 aromatic rings. The zero-order valence-electron chi connectivity index (χ0n) is 13.0. The summed E-state index contributed by atoms with van der Waals surface area (Å²) in [5, 5.41) is 0. The van der Waals surface area contributed by atoms with Crippen LogP contribution < -0.4 is 4.52 Å². The number of rotatable bonds is 6. The van der Waals surface area contributed by atoms with Crippen molar-refractivity contribution >= 4 is 13.6 Å². The van der Waals surface area contributed by atoms with E-state index in [1.165, 1.54) is 12.1 Å². The molecule has 0 saturated carbocycles. The molecule has 0 aromatic heterocycles. The molecule has 0 heterocycles. The number of phosphoric acid groups is 1. The first-order chi connectivity index (χ1) is 10.7. The molecule has 0 saturated heterocycles. The summed E-state index contributed by atoms with van der Waals surface area (Å²) in [4.78, 5) is 29.7. The van der Waals surface area contributed by atoms with Gasteiger partial charge in [-0.15, -0.1) is 0 Å². The van der Waals surface area contributed by atoms with E-state index in [1.54, 1.807) is 12.1 Å². The molecule has 0 bridgehead atoms. The fourth-order valence-corrected chi connectivity index (χ4v) is 2.77. The first kappa shape index (κ1) is 17.4. The molecule has 0 radical (unpaired) electrons. The second-order valence-electron chi connectivity index (χ2n) is 5.47. The van der Waals surface area contributed by atoms with Gasteiger partial charge in [-0.25, -0.2) is 4.57 Å². The molecule has 0 aliphatic heterocycles. The van der Waals surface area contributed by atoms with Crippen LogP contribution in [0.2, 0.25) is 0 Å². The molecular weight excluding hydrogens is 315 g/mol. The van der Waals surface area contributed by atoms with Crippen LogP contribution in [0.25, 0.3) is 0 Å². The van der Waals surface area contributed by atoms with Crippen molar-refractivity contribution in [2.45, 2.75) is 26.7 Å². The minimum Gasteiger partial charge on any atom is -0.404 e. The summed E-state index contributed by atoms with van der Waals surface area (Å²) in [6, 6.07) is 12.1. The third kappa shape index (κ3) is 5.32. The Bertz CT molecular complexity index is 746. The highest BCUT2D eigenvalue weighted by Crippen LogP contribution is 2.37. The zero-order valence-corrected chi connectivity index (χ0v) is 13.9. The monoisotopic (exact) mass is 334 g/mol. The second-order valence-corrected chi connectivity index (χ2v) is 6.63. The van der Waals surface area contributed by atoms with E-state index in [-0.39, 0.29) is 11.5 Å². The summed E-state index contributed by atoms with van der Waals surface area (Å²) < 4.78 is 15.2. The molecule has 0 spiro atoms. The molecule has 0 aliphatic carbocycles. The molecule has 0 unspecified atom stereocenters. The van der Waals surface area contributed by atoms with Crippen molar-refractivity contribution in [1.82, 2.24) is 0 Å². The average Bonchev–Trinajstić information content (AvgIpc) is 2.44. The van der Waals surface area contributed by atoms with E-state index in [0.717, 1.165) is 22.3 Å². The predicted molar refractivity (Wildman–Crippen MR) is 87.7 cm³/mol. The smallest absolute Gasteiger partial charge is 0.404 e. The van der Waals surface area contributed by atoms with E-state index in [9.17, 15) is 9.36 Å². The van der Waals surface area contributed by atoms with Gasteiger partial charge in [0.2, 0.25) is 0 Å². The van der Waals surface area contributed by atoms with E-state index < -0.39 is 7.82 Å². The average molecular weight is 334 g/mol. The van der Waals surface area contributed by atoms with Crippen molar-refractivity contribution in [3.05, 3.63) is 64.7 Å². The van der Waals surface area contributed by atoms with E-state index in [2.05, 4.69) is 4.52 Å². The Kier molecular flexibility index (Phi) is 5.37. The van der Waals surface area contributed by atoms with Crippen LogP contribution >= 0.6 is 7.82 Å².